The van der Waals surface area contributed by atoms with Crippen molar-refractivity contribution >= 4 is 11.6 Å². The van der Waals surface area contributed by atoms with Crippen LogP contribution in [0.4, 0.5) is 11.6 Å². The number of H-pyrrole nitrogens is 1. The van der Waals surface area contributed by atoms with Gasteiger partial charge in [0.05, 0.1) is 6.10 Å². The molecule has 0 aliphatic rings. The van der Waals surface area contributed by atoms with Crippen molar-refractivity contribution < 1.29 is 4.74 Å². The van der Waals surface area contributed by atoms with Gasteiger partial charge in [0.1, 0.15) is 11.4 Å². The molecular formula is C13H16N4O2. The highest BCUT2D eigenvalue weighted by Gasteiger charge is 2.02. The van der Waals surface area contributed by atoms with Crippen molar-refractivity contribution in [2.24, 2.45) is 0 Å². The van der Waals surface area contributed by atoms with E-state index in [0.717, 1.165) is 11.4 Å². The lowest BCUT2D eigenvalue weighted by Crippen LogP contribution is -2.15. The molecule has 1 heterocycles. The molecule has 6 heteroatoms. The first kappa shape index (κ1) is 13.1. The van der Waals surface area contributed by atoms with E-state index in [1.165, 1.54) is 0 Å². The molecule has 0 radical (unpaired) electrons. The van der Waals surface area contributed by atoms with E-state index in [-0.39, 0.29) is 11.7 Å². The Balaban J connectivity index is 2.10. The molecule has 0 spiro atoms. The van der Waals surface area contributed by atoms with Crippen LogP contribution in [0.15, 0.2) is 29.1 Å². The molecule has 2 rings (SSSR count). The Bertz CT molecular complexity index is 605. The zero-order chi connectivity index (χ0) is 13.8. The van der Waals surface area contributed by atoms with Crippen molar-refractivity contribution in [3.05, 3.63) is 40.3 Å². The van der Waals surface area contributed by atoms with Crippen LogP contribution in [0.2, 0.25) is 0 Å². The van der Waals surface area contributed by atoms with Gasteiger partial charge in [-0.15, -0.1) is 10.2 Å². The van der Waals surface area contributed by atoms with Crippen molar-refractivity contribution in [1.29, 1.82) is 0 Å². The molecule has 0 fully saturated rings. The Labute approximate surface area is 110 Å². The van der Waals surface area contributed by atoms with E-state index in [9.17, 15) is 4.79 Å². The summed E-state index contributed by atoms with van der Waals surface area (Å²) in [7, 11) is 0. The molecule has 1 aromatic heterocycles. The van der Waals surface area contributed by atoms with E-state index in [4.69, 9.17) is 4.74 Å². The number of aryl methyl sites for hydroxylation is 1. The van der Waals surface area contributed by atoms with E-state index in [1.807, 2.05) is 38.1 Å². The highest BCUT2D eigenvalue weighted by Crippen LogP contribution is 2.18. The average Bonchev–Trinajstić information content (AvgIpc) is 2.36. The Hall–Kier alpha value is -2.37. The summed E-state index contributed by atoms with van der Waals surface area (Å²) < 4.78 is 5.54. The van der Waals surface area contributed by atoms with Gasteiger partial charge < -0.3 is 10.1 Å². The second-order valence-corrected chi connectivity index (χ2v) is 4.40. The summed E-state index contributed by atoms with van der Waals surface area (Å²) in [4.78, 5) is 14.0. The van der Waals surface area contributed by atoms with E-state index in [0.29, 0.717) is 11.6 Å². The van der Waals surface area contributed by atoms with Crippen LogP contribution in [0.1, 0.15) is 19.5 Å². The number of ether oxygens (including phenoxy) is 1. The smallest absolute Gasteiger partial charge is 0.273 e. The minimum Gasteiger partial charge on any atom is -0.491 e. The lowest BCUT2D eigenvalue weighted by Gasteiger charge is -2.10. The number of rotatable bonds is 4. The molecule has 0 saturated heterocycles. The van der Waals surface area contributed by atoms with Crippen molar-refractivity contribution in [2.75, 3.05) is 5.32 Å². The van der Waals surface area contributed by atoms with Crippen LogP contribution in [0.3, 0.4) is 0 Å². The van der Waals surface area contributed by atoms with Crippen LogP contribution < -0.4 is 15.6 Å². The number of hydrogen-bond acceptors (Lipinski definition) is 5. The van der Waals surface area contributed by atoms with Gasteiger partial charge in [-0.05, 0) is 45.0 Å². The molecule has 1 aromatic carbocycles. The molecule has 0 bridgehead atoms. The first-order valence-electron chi connectivity index (χ1n) is 6.02. The number of anilines is 2. The zero-order valence-corrected chi connectivity index (χ0v) is 11.1. The Morgan fingerprint density at radius 3 is 2.47 bits per heavy atom. The third-order valence-corrected chi connectivity index (χ3v) is 2.35. The van der Waals surface area contributed by atoms with Crippen LogP contribution >= 0.6 is 0 Å². The predicted molar refractivity (Wildman–Crippen MR) is 72.9 cm³/mol. The topological polar surface area (TPSA) is 79.9 Å². The van der Waals surface area contributed by atoms with Crippen molar-refractivity contribution in [3.8, 4) is 5.75 Å². The summed E-state index contributed by atoms with van der Waals surface area (Å²) in [5, 5.41) is 10.6. The number of benzene rings is 1. The van der Waals surface area contributed by atoms with Gasteiger partial charge in [-0.2, -0.15) is 0 Å². The highest BCUT2D eigenvalue weighted by molar-refractivity contribution is 5.54. The lowest BCUT2D eigenvalue weighted by molar-refractivity contribution is 0.242. The van der Waals surface area contributed by atoms with Gasteiger partial charge in [0, 0.05) is 5.69 Å². The molecule has 0 saturated carbocycles. The van der Waals surface area contributed by atoms with Gasteiger partial charge in [-0.1, -0.05) is 0 Å². The van der Waals surface area contributed by atoms with Gasteiger partial charge in [0.2, 0.25) is 5.95 Å². The first-order valence-corrected chi connectivity index (χ1v) is 6.02. The number of nitrogens with zero attached hydrogens (tertiary/aromatic N) is 2. The number of hydrogen-bond donors (Lipinski definition) is 2. The second kappa shape index (κ2) is 5.51. The minimum absolute atomic E-state index is 0.137. The zero-order valence-electron chi connectivity index (χ0n) is 11.1. The fraction of sp³-hybridized carbons (Fsp3) is 0.308. The third kappa shape index (κ3) is 3.54. The minimum atomic E-state index is -0.253. The second-order valence-electron chi connectivity index (χ2n) is 4.40. The Morgan fingerprint density at radius 2 is 1.89 bits per heavy atom. The number of aromatic nitrogens is 3. The molecule has 0 unspecified atom stereocenters. The summed E-state index contributed by atoms with van der Waals surface area (Å²) in [6, 6.07) is 7.39. The molecule has 0 atom stereocenters. The summed E-state index contributed by atoms with van der Waals surface area (Å²) in [6.45, 7) is 5.55. The van der Waals surface area contributed by atoms with Crippen LogP contribution in [0, 0.1) is 6.92 Å². The van der Waals surface area contributed by atoms with Gasteiger partial charge in [0.15, 0.2) is 0 Å². The first-order chi connectivity index (χ1) is 9.04. The maximum atomic E-state index is 11.4. The fourth-order valence-electron chi connectivity index (χ4n) is 1.48. The molecule has 100 valence electrons. The van der Waals surface area contributed by atoms with Gasteiger partial charge in [-0.3, -0.25) is 9.78 Å². The van der Waals surface area contributed by atoms with E-state index >= 15 is 0 Å². The quantitative estimate of drug-likeness (QED) is 0.879. The molecule has 2 N–H and O–H groups in total. The lowest BCUT2D eigenvalue weighted by atomic mass is 10.3. The maximum Gasteiger partial charge on any atom is 0.273 e. The normalized spacial score (nSPS) is 10.5. The van der Waals surface area contributed by atoms with Crippen LogP contribution in [0.25, 0.3) is 0 Å². The number of aromatic amines is 1. The number of nitrogens with one attached hydrogen (secondary N) is 2. The average molecular weight is 260 g/mol. The third-order valence-electron chi connectivity index (χ3n) is 2.35. The molecular weight excluding hydrogens is 244 g/mol. The molecule has 19 heavy (non-hydrogen) atoms. The summed E-state index contributed by atoms with van der Waals surface area (Å²) >= 11 is 0. The Morgan fingerprint density at radius 1 is 1.21 bits per heavy atom. The van der Waals surface area contributed by atoms with Crippen molar-refractivity contribution in [1.82, 2.24) is 15.2 Å². The van der Waals surface area contributed by atoms with Gasteiger partial charge in [0.25, 0.3) is 5.56 Å². The van der Waals surface area contributed by atoms with E-state index < -0.39 is 0 Å². The van der Waals surface area contributed by atoms with Crippen molar-refractivity contribution in [3.63, 3.8) is 0 Å². The van der Waals surface area contributed by atoms with Gasteiger partial charge in [-0.25, -0.2) is 0 Å². The van der Waals surface area contributed by atoms with Crippen LogP contribution in [-0.2, 0) is 0 Å². The summed E-state index contributed by atoms with van der Waals surface area (Å²) in [5.41, 5.74) is 0.883. The summed E-state index contributed by atoms with van der Waals surface area (Å²) in [5.74, 6) is 1.11. The molecule has 0 aliphatic carbocycles. The maximum absolute atomic E-state index is 11.4. The Kier molecular flexibility index (Phi) is 3.79. The largest absolute Gasteiger partial charge is 0.491 e. The van der Waals surface area contributed by atoms with Gasteiger partial charge >= 0.3 is 0 Å². The SMILES string of the molecule is Cc1nnc(Nc2ccc(OC(C)C)cc2)[nH]c1=O. The highest BCUT2D eigenvalue weighted by atomic mass is 16.5. The van der Waals surface area contributed by atoms with Crippen LogP contribution in [-0.4, -0.2) is 21.3 Å². The predicted octanol–water partition coefficient (Wildman–Crippen LogP) is 2.00. The molecule has 0 amide bonds. The van der Waals surface area contributed by atoms with Crippen LogP contribution in [0.5, 0.6) is 5.75 Å². The molecule has 0 aliphatic heterocycles. The monoisotopic (exact) mass is 260 g/mol. The van der Waals surface area contributed by atoms with Crippen molar-refractivity contribution in [2.45, 2.75) is 26.9 Å². The van der Waals surface area contributed by atoms with E-state index in [2.05, 4.69) is 20.5 Å². The molecule has 2 aromatic rings. The fourth-order valence-corrected chi connectivity index (χ4v) is 1.48. The molecule has 6 nitrogen and oxygen atoms in total. The van der Waals surface area contributed by atoms with E-state index in [1.54, 1.807) is 6.92 Å². The summed E-state index contributed by atoms with van der Waals surface area (Å²) in [6.07, 6.45) is 0.137. The standard InChI is InChI=1S/C13H16N4O2/c1-8(2)19-11-6-4-10(5-7-11)14-13-15-12(18)9(3)16-17-13/h4-8H,1-3H3,(H2,14,15,17,18).